The molecule has 114 valence electrons. The van der Waals surface area contributed by atoms with E-state index < -0.39 is 0 Å². The molecule has 1 N–H and O–H groups in total. The van der Waals surface area contributed by atoms with Crippen LogP contribution >= 0.6 is 0 Å². The highest BCUT2D eigenvalue weighted by atomic mass is 16.5. The topological polar surface area (TPSA) is 68.3 Å². The lowest BCUT2D eigenvalue weighted by atomic mass is 10.1. The summed E-state index contributed by atoms with van der Waals surface area (Å²) < 4.78 is 5.05. The number of ketones is 1. The van der Waals surface area contributed by atoms with Gasteiger partial charge >= 0.3 is 0 Å². The molecular formula is C17H18N2O3. The van der Waals surface area contributed by atoms with Crippen LogP contribution in [0.4, 0.5) is 0 Å². The van der Waals surface area contributed by atoms with Gasteiger partial charge in [-0.3, -0.25) is 14.6 Å². The summed E-state index contributed by atoms with van der Waals surface area (Å²) in [5, 5.41) is 2.80. The fraction of sp³-hybridized carbons (Fsp3) is 0.235. The minimum atomic E-state index is -0.183. The number of ether oxygens (including phenoxy) is 1. The molecule has 0 aliphatic carbocycles. The van der Waals surface area contributed by atoms with Crippen molar-refractivity contribution < 1.29 is 14.3 Å². The quantitative estimate of drug-likeness (QED) is 0.861. The fourth-order valence-corrected chi connectivity index (χ4v) is 2.10. The SMILES string of the molecule is COc1ccc(C(=O)NCc2ccc(C(C)=O)c(C)n2)cc1. The maximum Gasteiger partial charge on any atom is 0.251 e. The molecule has 1 heterocycles. The van der Waals surface area contributed by atoms with Crippen molar-refractivity contribution in [2.24, 2.45) is 0 Å². The van der Waals surface area contributed by atoms with E-state index in [0.717, 1.165) is 0 Å². The second kappa shape index (κ2) is 6.85. The van der Waals surface area contributed by atoms with E-state index in [2.05, 4.69) is 10.3 Å². The molecule has 0 aliphatic rings. The summed E-state index contributed by atoms with van der Waals surface area (Å²) in [5.41, 5.74) is 2.54. The first-order chi connectivity index (χ1) is 10.5. The molecule has 0 atom stereocenters. The van der Waals surface area contributed by atoms with Crippen molar-refractivity contribution in [1.82, 2.24) is 10.3 Å². The Labute approximate surface area is 129 Å². The van der Waals surface area contributed by atoms with Crippen molar-refractivity contribution in [3.8, 4) is 5.75 Å². The number of pyridine rings is 1. The molecule has 1 aromatic carbocycles. The van der Waals surface area contributed by atoms with Crippen molar-refractivity contribution in [2.45, 2.75) is 20.4 Å². The van der Waals surface area contributed by atoms with Crippen molar-refractivity contribution in [1.29, 1.82) is 0 Å². The summed E-state index contributed by atoms with van der Waals surface area (Å²) in [6.07, 6.45) is 0. The van der Waals surface area contributed by atoms with Crippen LogP contribution in [0.25, 0.3) is 0 Å². The monoisotopic (exact) mass is 298 g/mol. The number of methoxy groups -OCH3 is 1. The highest BCUT2D eigenvalue weighted by molar-refractivity contribution is 5.95. The van der Waals surface area contributed by atoms with E-state index in [1.165, 1.54) is 6.92 Å². The first kappa shape index (κ1) is 15.7. The van der Waals surface area contributed by atoms with Gasteiger partial charge in [0.25, 0.3) is 5.91 Å². The molecular weight excluding hydrogens is 280 g/mol. The van der Waals surface area contributed by atoms with Crippen LogP contribution in [0.15, 0.2) is 36.4 Å². The number of amides is 1. The van der Waals surface area contributed by atoms with Crippen LogP contribution < -0.4 is 10.1 Å². The summed E-state index contributed by atoms with van der Waals surface area (Å²) >= 11 is 0. The fourth-order valence-electron chi connectivity index (χ4n) is 2.10. The minimum absolute atomic E-state index is 0.0150. The summed E-state index contributed by atoms with van der Waals surface area (Å²) in [4.78, 5) is 27.7. The predicted octanol–water partition coefficient (Wildman–Crippen LogP) is 2.53. The number of aromatic nitrogens is 1. The Kier molecular flexibility index (Phi) is 4.88. The lowest BCUT2D eigenvalue weighted by Crippen LogP contribution is -2.23. The largest absolute Gasteiger partial charge is 0.497 e. The van der Waals surface area contributed by atoms with E-state index in [9.17, 15) is 9.59 Å². The van der Waals surface area contributed by atoms with Crippen LogP contribution in [0.2, 0.25) is 0 Å². The van der Waals surface area contributed by atoms with Gasteiger partial charge in [-0.2, -0.15) is 0 Å². The van der Waals surface area contributed by atoms with Crippen LogP contribution in [0.5, 0.6) is 5.75 Å². The standard InChI is InChI=1S/C17H18N2O3/c1-11-16(12(2)20)9-6-14(19-11)10-18-17(21)13-4-7-15(22-3)8-5-13/h4-9H,10H2,1-3H3,(H,18,21). The Bertz CT molecular complexity index is 694. The molecule has 0 spiro atoms. The van der Waals surface area contributed by atoms with Gasteiger partial charge in [0.15, 0.2) is 5.78 Å². The van der Waals surface area contributed by atoms with Crippen LogP contribution in [-0.4, -0.2) is 23.8 Å². The molecule has 0 radical (unpaired) electrons. The van der Waals surface area contributed by atoms with Crippen LogP contribution in [0.1, 0.15) is 39.0 Å². The Morgan fingerprint density at radius 1 is 1.14 bits per heavy atom. The smallest absolute Gasteiger partial charge is 0.251 e. The summed E-state index contributed by atoms with van der Waals surface area (Å²) in [7, 11) is 1.58. The maximum atomic E-state index is 12.0. The van der Waals surface area contributed by atoms with E-state index >= 15 is 0 Å². The summed E-state index contributed by atoms with van der Waals surface area (Å²) in [6, 6.07) is 10.4. The van der Waals surface area contributed by atoms with Crippen molar-refractivity contribution >= 4 is 11.7 Å². The molecule has 1 aromatic heterocycles. The number of carbonyl (C=O) groups is 2. The van der Waals surface area contributed by atoms with E-state index in [4.69, 9.17) is 4.74 Å². The van der Waals surface area contributed by atoms with Gasteiger partial charge in [0.2, 0.25) is 0 Å². The van der Waals surface area contributed by atoms with E-state index in [1.807, 2.05) is 0 Å². The zero-order valence-corrected chi connectivity index (χ0v) is 12.8. The lowest BCUT2D eigenvalue weighted by Gasteiger charge is -2.08. The van der Waals surface area contributed by atoms with Gasteiger partial charge in [-0.25, -0.2) is 0 Å². The Morgan fingerprint density at radius 2 is 1.82 bits per heavy atom. The Hall–Kier alpha value is -2.69. The molecule has 0 unspecified atom stereocenters. The average molecular weight is 298 g/mol. The molecule has 1 amide bonds. The number of nitrogens with one attached hydrogen (secondary N) is 1. The number of nitrogens with zero attached hydrogens (tertiary/aromatic N) is 1. The summed E-state index contributed by atoms with van der Waals surface area (Å²) in [5.74, 6) is 0.505. The first-order valence-corrected chi connectivity index (χ1v) is 6.91. The second-order valence-electron chi connectivity index (χ2n) is 4.90. The first-order valence-electron chi connectivity index (χ1n) is 6.91. The number of hydrogen-bond donors (Lipinski definition) is 1. The molecule has 2 rings (SSSR count). The zero-order chi connectivity index (χ0) is 16.1. The third-order valence-electron chi connectivity index (χ3n) is 3.31. The molecule has 0 fully saturated rings. The average Bonchev–Trinajstić information content (AvgIpc) is 2.52. The van der Waals surface area contributed by atoms with Crippen LogP contribution in [-0.2, 0) is 6.54 Å². The number of carbonyl (C=O) groups excluding carboxylic acids is 2. The number of hydrogen-bond acceptors (Lipinski definition) is 4. The molecule has 5 heteroatoms. The Balaban J connectivity index is 2.01. The van der Waals surface area contributed by atoms with E-state index in [1.54, 1.807) is 50.4 Å². The van der Waals surface area contributed by atoms with Gasteiger partial charge in [0.1, 0.15) is 5.75 Å². The molecule has 0 saturated heterocycles. The van der Waals surface area contributed by atoms with E-state index in [-0.39, 0.29) is 11.7 Å². The van der Waals surface area contributed by atoms with Crippen molar-refractivity contribution in [3.63, 3.8) is 0 Å². The molecule has 5 nitrogen and oxygen atoms in total. The molecule has 2 aromatic rings. The van der Waals surface area contributed by atoms with Gasteiger partial charge in [0.05, 0.1) is 19.3 Å². The van der Waals surface area contributed by atoms with Crippen molar-refractivity contribution in [3.05, 3.63) is 58.9 Å². The second-order valence-corrected chi connectivity index (χ2v) is 4.90. The Morgan fingerprint density at radius 3 is 2.36 bits per heavy atom. The van der Waals surface area contributed by atoms with Crippen molar-refractivity contribution in [2.75, 3.05) is 7.11 Å². The van der Waals surface area contributed by atoms with Crippen LogP contribution in [0, 0.1) is 6.92 Å². The third kappa shape index (κ3) is 3.69. The molecule has 22 heavy (non-hydrogen) atoms. The number of rotatable bonds is 5. The summed E-state index contributed by atoms with van der Waals surface area (Å²) in [6.45, 7) is 3.60. The minimum Gasteiger partial charge on any atom is -0.497 e. The number of Topliss-reactive ketones (excluding diaryl/α,β-unsaturated/α-hetero) is 1. The van der Waals surface area contributed by atoms with Gasteiger partial charge < -0.3 is 10.1 Å². The number of benzene rings is 1. The molecule has 0 bridgehead atoms. The maximum absolute atomic E-state index is 12.0. The number of aryl methyl sites for hydroxylation is 1. The highest BCUT2D eigenvalue weighted by Crippen LogP contribution is 2.11. The normalized spacial score (nSPS) is 10.1. The van der Waals surface area contributed by atoms with Gasteiger partial charge in [0, 0.05) is 16.8 Å². The molecule has 0 aliphatic heterocycles. The zero-order valence-electron chi connectivity index (χ0n) is 12.8. The highest BCUT2D eigenvalue weighted by Gasteiger charge is 2.08. The third-order valence-corrected chi connectivity index (χ3v) is 3.31. The predicted molar refractivity (Wildman–Crippen MR) is 83.1 cm³/mol. The van der Waals surface area contributed by atoms with Gasteiger partial charge in [-0.1, -0.05) is 0 Å². The lowest BCUT2D eigenvalue weighted by molar-refractivity contribution is 0.0949. The van der Waals surface area contributed by atoms with Gasteiger partial charge in [-0.15, -0.1) is 0 Å². The van der Waals surface area contributed by atoms with Crippen LogP contribution in [0.3, 0.4) is 0 Å². The molecule has 0 saturated carbocycles. The van der Waals surface area contributed by atoms with Gasteiger partial charge in [-0.05, 0) is 50.2 Å². The van der Waals surface area contributed by atoms with E-state index in [0.29, 0.717) is 34.8 Å².